The summed E-state index contributed by atoms with van der Waals surface area (Å²) < 4.78 is 11.5. The number of carbonyl (C=O) groups is 2. The van der Waals surface area contributed by atoms with Gasteiger partial charge in [-0.25, -0.2) is 9.86 Å². The summed E-state index contributed by atoms with van der Waals surface area (Å²) in [4.78, 5) is 32.3. The number of aryl methyl sites for hydroxylation is 1. The molecule has 0 fully saturated rings. The molecule has 0 aromatic heterocycles. The summed E-state index contributed by atoms with van der Waals surface area (Å²) in [6, 6.07) is 17.4. The molecule has 1 atom stereocenters. The number of hydrogen-bond acceptors (Lipinski definition) is 5. The van der Waals surface area contributed by atoms with Crippen molar-refractivity contribution in [3.63, 3.8) is 0 Å². The molecule has 0 saturated heterocycles. The SMILES string of the molecule is CC.CON(C)C(=O)C(C)(COCC(C)(C)CN(C)C(=O)OCc1ccccc1)c1cccc(C)c1. The highest BCUT2D eigenvalue weighted by atomic mass is 16.7. The van der Waals surface area contributed by atoms with Crippen molar-refractivity contribution in [2.75, 3.05) is 41.0 Å². The van der Waals surface area contributed by atoms with Crippen LogP contribution in [0, 0.1) is 12.3 Å². The van der Waals surface area contributed by atoms with Crippen LogP contribution in [0.3, 0.4) is 0 Å². The number of rotatable bonds is 11. The number of ether oxygens (including phenoxy) is 2. The molecule has 2 rings (SSSR count). The fraction of sp³-hybridized carbons (Fsp3) is 0.517. The second-order valence-electron chi connectivity index (χ2n) is 9.74. The van der Waals surface area contributed by atoms with Crippen LogP contribution >= 0.6 is 0 Å². The summed E-state index contributed by atoms with van der Waals surface area (Å²) in [5.41, 5.74) is 1.58. The van der Waals surface area contributed by atoms with Crippen molar-refractivity contribution in [1.29, 1.82) is 0 Å². The minimum absolute atomic E-state index is 0.175. The fourth-order valence-corrected chi connectivity index (χ4v) is 3.80. The lowest BCUT2D eigenvalue weighted by Gasteiger charge is -2.34. The first kappa shape index (κ1) is 31.1. The van der Waals surface area contributed by atoms with Crippen LogP contribution in [-0.4, -0.2) is 62.9 Å². The van der Waals surface area contributed by atoms with Crippen molar-refractivity contribution in [3.05, 3.63) is 71.3 Å². The van der Waals surface area contributed by atoms with E-state index in [2.05, 4.69) is 0 Å². The average molecular weight is 501 g/mol. The van der Waals surface area contributed by atoms with Crippen LogP contribution in [0.2, 0.25) is 0 Å². The molecule has 36 heavy (non-hydrogen) atoms. The number of nitrogens with zero attached hydrogens (tertiary/aromatic N) is 2. The number of hydroxylamine groups is 2. The lowest BCUT2D eigenvalue weighted by atomic mass is 9.81. The molecule has 0 saturated carbocycles. The predicted octanol–water partition coefficient (Wildman–Crippen LogP) is 5.61. The van der Waals surface area contributed by atoms with Gasteiger partial charge in [-0.1, -0.05) is 87.9 Å². The van der Waals surface area contributed by atoms with Gasteiger partial charge in [0.2, 0.25) is 0 Å². The van der Waals surface area contributed by atoms with Gasteiger partial charge in [-0.2, -0.15) is 0 Å². The zero-order valence-electron chi connectivity index (χ0n) is 23.5. The number of carbonyl (C=O) groups excluding carboxylic acids is 2. The molecule has 7 heteroatoms. The Bertz CT molecular complexity index is 948. The Morgan fingerprint density at radius 2 is 1.56 bits per heavy atom. The third kappa shape index (κ3) is 9.28. The molecule has 2 aromatic carbocycles. The van der Waals surface area contributed by atoms with Crippen LogP contribution in [0.25, 0.3) is 0 Å². The molecule has 2 aromatic rings. The van der Waals surface area contributed by atoms with E-state index in [0.717, 1.165) is 16.7 Å². The maximum absolute atomic E-state index is 13.2. The number of benzene rings is 2. The largest absolute Gasteiger partial charge is 0.445 e. The van der Waals surface area contributed by atoms with Crippen LogP contribution < -0.4 is 0 Å². The number of likely N-dealkylation sites (N-methyl/N-ethyl adjacent to an activating group) is 1. The van der Waals surface area contributed by atoms with E-state index in [4.69, 9.17) is 14.3 Å². The molecule has 0 N–H and O–H groups in total. The second-order valence-corrected chi connectivity index (χ2v) is 9.74. The van der Waals surface area contributed by atoms with Gasteiger partial charge >= 0.3 is 6.09 Å². The molecule has 200 valence electrons. The minimum atomic E-state index is -0.923. The van der Waals surface area contributed by atoms with Crippen LogP contribution in [0.1, 0.15) is 51.3 Å². The Morgan fingerprint density at radius 3 is 2.14 bits per heavy atom. The van der Waals surface area contributed by atoms with E-state index in [9.17, 15) is 9.59 Å². The lowest BCUT2D eigenvalue weighted by molar-refractivity contribution is -0.177. The van der Waals surface area contributed by atoms with Crippen molar-refractivity contribution in [3.8, 4) is 0 Å². The van der Waals surface area contributed by atoms with E-state index in [0.29, 0.717) is 13.2 Å². The molecule has 0 aliphatic rings. The first-order chi connectivity index (χ1) is 17.0. The Kier molecular flexibility index (Phi) is 12.6. The molecule has 0 spiro atoms. The van der Waals surface area contributed by atoms with Gasteiger partial charge < -0.3 is 14.4 Å². The van der Waals surface area contributed by atoms with Crippen molar-refractivity contribution in [2.24, 2.45) is 5.41 Å². The van der Waals surface area contributed by atoms with E-state index in [-0.39, 0.29) is 24.5 Å². The van der Waals surface area contributed by atoms with Gasteiger partial charge in [0.05, 0.1) is 25.7 Å². The molecule has 0 heterocycles. The van der Waals surface area contributed by atoms with Crippen molar-refractivity contribution in [2.45, 2.75) is 53.6 Å². The van der Waals surface area contributed by atoms with Gasteiger partial charge in [-0.05, 0) is 25.0 Å². The monoisotopic (exact) mass is 500 g/mol. The van der Waals surface area contributed by atoms with Gasteiger partial charge in [0.15, 0.2) is 0 Å². The van der Waals surface area contributed by atoms with Gasteiger partial charge in [-0.3, -0.25) is 9.63 Å². The van der Waals surface area contributed by atoms with Crippen molar-refractivity contribution in [1.82, 2.24) is 9.96 Å². The molecule has 2 amide bonds. The van der Waals surface area contributed by atoms with Crippen molar-refractivity contribution < 1.29 is 23.9 Å². The van der Waals surface area contributed by atoms with E-state index in [1.807, 2.05) is 96.1 Å². The molecule has 0 bridgehead atoms. The van der Waals surface area contributed by atoms with Gasteiger partial charge in [0, 0.05) is 26.1 Å². The average Bonchev–Trinajstić information content (AvgIpc) is 2.87. The van der Waals surface area contributed by atoms with E-state index in [1.165, 1.54) is 12.2 Å². The topological polar surface area (TPSA) is 68.3 Å². The quantitative estimate of drug-likeness (QED) is 0.375. The molecule has 1 unspecified atom stereocenters. The van der Waals surface area contributed by atoms with Crippen LogP contribution in [0.4, 0.5) is 4.79 Å². The standard InChI is InChI=1S/C27H38N2O5.C2H6/c1-21-12-11-15-23(16-21)27(4,24(30)29(6)32-7)20-33-19-26(2,3)18-28(5)25(31)34-17-22-13-9-8-10-14-22;1-2/h8-16H,17-20H2,1-7H3;1-2H3. The first-order valence-corrected chi connectivity index (χ1v) is 12.4. The maximum atomic E-state index is 13.2. The highest BCUT2D eigenvalue weighted by Gasteiger charge is 2.39. The molecule has 7 nitrogen and oxygen atoms in total. The zero-order valence-corrected chi connectivity index (χ0v) is 23.5. The summed E-state index contributed by atoms with van der Waals surface area (Å²) in [5.74, 6) is -0.194. The van der Waals surface area contributed by atoms with E-state index < -0.39 is 11.5 Å². The second kappa shape index (κ2) is 14.6. The zero-order chi connectivity index (χ0) is 27.4. The van der Waals surface area contributed by atoms with E-state index >= 15 is 0 Å². The smallest absolute Gasteiger partial charge is 0.409 e. The third-order valence-electron chi connectivity index (χ3n) is 5.75. The van der Waals surface area contributed by atoms with Gasteiger partial charge in [0.25, 0.3) is 5.91 Å². The summed E-state index contributed by atoms with van der Waals surface area (Å²) in [7, 11) is 4.77. The third-order valence-corrected chi connectivity index (χ3v) is 5.75. The Hall–Kier alpha value is -2.90. The Morgan fingerprint density at radius 1 is 0.917 bits per heavy atom. The molecule has 0 aliphatic carbocycles. The van der Waals surface area contributed by atoms with Gasteiger partial charge in [-0.15, -0.1) is 0 Å². The van der Waals surface area contributed by atoms with Crippen LogP contribution in [0.15, 0.2) is 54.6 Å². The fourth-order valence-electron chi connectivity index (χ4n) is 3.80. The minimum Gasteiger partial charge on any atom is -0.445 e. The first-order valence-electron chi connectivity index (χ1n) is 12.4. The number of amides is 2. The Balaban J connectivity index is 0.00000316. The predicted molar refractivity (Wildman–Crippen MR) is 144 cm³/mol. The molecule has 0 radical (unpaired) electrons. The molecular weight excluding hydrogens is 456 g/mol. The van der Waals surface area contributed by atoms with Crippen molar-refractivity contribution >= 4 is 12.0 Å². The molecule has 0 aliphatic heterocycles. The molecular formula is C29H44N2O5. The Labute approximate surface area is 217 Å². The van der Waals surface area contributed by atoms with Crippen LogP contribution in [0.5, 0.6) is 0 Å². The van der Waals surface area contributed by atoms with Crippen LogP contribution in [-0.2, 0) is 31.1 Å². The highest BCUT2D eigenvalue weighted by molar-refractivity contribution is 5.87. The summed E-state index contributed by atoms with van der Waals surface area (Å²) in [6.45, 7) is 13.1. The normalized spacial score (nSPS) is 12.6. The van der Waals surface area contributed by atoms with E-state index in [1.54, 1.807) is 19.0 Å². The lowest BCUT2D eigenvalue weighted by Crippen LogP contribution is -2.47. The summed E-state index contributed by atoms with van der Waals surface area (Å²) in [6.07, 6.45) is -0.390. The highest BCUT2D eigenvalue weighted by Crippen LogP contribution is 2.29. The summed E-state index contributed by atoms with van der Waals surface area (Å²) >= 11 is 0. The number of hydrogen-bond donors (Lipinski definition) is 0. The maximum Gasteiger partial charge on any atom is 0.409 e. The summed E-state index contributed by atoms with van der Waals surface area (Å²) in [5, 5.41) is 1.23. The van der Waals surface area contributed by atoms with Gasteiger partial charge in [0.1, 0.15) is 6.61 Å².